The van der Waals surface area contributed by atoms with E-state index in [-0.39, 0.29) is 11.3 Å². The summed E-state index contributed by atoms with van der Waals surface area (Å²) in [7, 11) is 0. The summed E-state index contributed by atoms with van der Waals surface area (Å²) in [6.07, 6.45) is 3.03. The van der Waals surface area contributed by atoms with Crippen LogP contribution in [0.4, 0.5) is 0 Å². The average Bonchev–Trinajstić information content (AvgIpc) is 2.78. The van der Waals surface area contributed by atoms with Crippen molar-refractivity contribution in [1.29, 1.82) is 0 Å². The van der Waals surface area contributed by atoms with E-state index in [4.69, 9.17) is 0 Å². The Hall–Kier alpha value is -4.19. The van der Waals surface area contributed by atoms with Gasteiger partial charge in [-0.2, -0.15) is 5.10 Å². The normalized spacial score (nSPS) is 11.1. The Morgan fingerprint density at radius 3 is 2.61 bits per heavy atom. The summed E-state index contributed by atoms with van der Waals surface area (Å²) in [5.41, 5.74) is 4.57. The van der Waals surface area contributed by atoms with Gasteiger partial charge in [0, 0.05) is 11.8 Å². The van der Waals surface area contributed by atoms with Crippen LogP contribution in [0.1, 0.15) is 27.0 Å². The van der Waals surface area contributed by atoms with E-state index in [2.05, 4.69) is 10.5 Å². The van der Waals surface area contributed by atoms with Crippen molar-refractivity contribution in [2.45, 2.75) is 13.5 Å². The predicted octanol–water partition coefficient (Wildman–Crippen LogP) is 3.83. The van der Waals surface area contributed by atoms with Crippen molar-refractivity contribution in [3.8, 4) is 5.75 Å². The van der Waals surface area contributed by atoms with Crippen molar-refractivity contribution in [2.75, 3.05) is 0 Å². The Kier molecular flexibility index (Phi) is 5.62. The van der Waals surface area contributed by atoms with E-state index >= 15 is 0 Å². The lowest BCUT2D eigenvalue weighted by atomic mass is 10.0. The monoisotopic (exact) mass is 411 g/mol. The van der Waals surface area contributed by atoms with Crippen LogP contribution in [0.15, 0.2) is 88.9 Å². The molecule has 0 unspecified atom stereocenters. The van der Waals surface area contributed by atoms with E-state index in [1.807, 2.05) is 55.5 Å². The van der Waals surface area contributed by atoms with Gasteiger partial charge in [0.1, 0.15) is 11.3 Å². The van der Waals surface area contributed by atoms with Crippen LogP contribution >= 0.6 is 0 Å². The third-order valence-electron chi connectivity index (χ3n) is 5.05. The fourth-order valence-corrected chi connectivity index (χ4v) is 3.36. The molecule has 1 aromatic heterocycles. The number of benzene rings is 3. The number of fused-ring (bicyclic) bond motifs is 1. The molecule has 0 fully saturated rings. The topological polar surface area (TPSA) is 83.7 Å². The van der Waals surface area contributed by atoms with Crippen LogP contribution in [0.3, 0.4) is 0 Å². The smallest absolute Gasteiger partial charge is 0.276 e. The van der Waals surface area contributed by atoms with Gasteiger partial charge >= 0.3 is 0 Å². The number of phenols is 1. The number of hydrazone groups is 1. The van der Waals surface area contributed by atoms with E-state index in [0.717, 1.165) is 21.9 Å². The van der Waals surface area contributed by atoms with Crippen LogP contribution in [0, 0.1) is 6.92 Å². The van der Waals surface area contributed by atoms with Crippen molar-refractivity contribution >= 4 is 22.9 Å². The van der Waals surface area contributed by atoms with Gasteiger partial charge in [0.15, 0.2) is 0 Å². The van der Waals surface area contributed by atoms with Crippen molar-refractivity contribution in [1.82, 2.24) is 9.99 Å². The number of nitrogens with one attached hydrogen (secondary N) is 1. The maximum atomic E-state index is 12.8. The molecule has 31 heavy (non-hydrogen) atoms. The first-order valence-corrected chi connectivity index (χ1v) is 9.82. The zero-order chi connectivity index (χ0) is 21.8. The molecule has 0 saturated carbocycles. The van der Waals surface area contributed by atoms with E-state index < -0.39 is 11.5 Å². The molecular formula is C25H21N3O3. The first-order valence-electron chi connectivity index (χ1n) is 9.82. The number of aromatic hydroxyl groups is 1. The number of aromatic nitrogens is 1. The van der Waals surface area contributed by atoms with E-state index in [1.165, 1.54) is 16.8 Å². The number of amides is 1. The summed E-state index contributed by atoms with van der Waals surface area (Å²) in [5, 5.41) is 15.9. The highest BCUT2D eigenvalue weighted by Gasteiger charge is 2.12. The largest absolute Gasteiger partial charge is 0.507 e. The van der Waals surface area contributed by atoms with Crippen LogP contribution in [-0.4, -0.2) is 21.8 Å². The molecule has 2 N–H and O–H groups in total. The van der Waals surface area contributed by atoms with Crippen molar-refractivity contribution in [2.24, 2.45) is 5.10 Å². The molecule has 154 valence electrons. The molecule has 0 radical (unpaired) electrons. The van der Waals surface area contributed by atoms with Crippen LogP contribution in [-0.2, 0) is 6.54 Å². The quantitative estimate of drug-likeness (QED) is 0.387. The molecule has 0 bridgehead atoms. The summed E-state index contributed by atoms with van der Waals surface area (Å²) in [5.74, 6) is -0.559. The first-order chi connectivity index (χ1) is 15.0. The number of carbonyl (C=O) groups is 1. The lowest BCUT2D eigenvalue weighted by molar-refractivity contribution is 0.0953. The van der Waals surface area contributed by atoms with Crippen molar-refractivity contribution in [3.05, 3.63) is 112 Å². The molecule has 0 atom stereocenters. The zero-order valence-corrected chi connectivity index (χ0v) is 16.9. The van der Waals surface area contributed by atoms with E-state index in [0.29, 0.717) is 12.1 Å². The molecule has 1 amide bonds. The molecule has 0 aliphatic heterocycles. The molecule has 0 spiro atoms. The number of rotatable bonds is 5. The molecule has 3 aromatic carbocycles. The summed E-state index contributed by atoms with van der Waals surface area (Å²) in [6.45, 7) is 2.37. The number of hydrogen-bond acceptors (Lipinski definition) is 4. The van der Waals surface area contributed by atoms with Crippen molar-refractivity contribution in [3.63, 3.8) is 0 Å². The second-order valence-electron chi connectivity index (χ2n) is 7.26. The van der Waals surface area contributed by atoms with Crippen LogP contribution in [0.2, 0.25) is 0 Å². The molecular weight excluding hydrogens is 390 g/mol. The van der Waals surface area contributed by atoms with Gasteiger partial charge in [0.25, 0.3) is 11.5 Å². The number of nitrogens with zero attached hydrogens (tertiary/aromatic N) is 2. The minimum absolute atomic E-state index is 0.00565. The van der Waals surface area contributed by atoms with E-state index in [1.54, 1.807) is 24.4 Å². The number of carbonyl (C=O) groups excluding carboxylic acids is 1. The third kappa shape index (κ3) is 4.38. The van der Waals surface area contributed by atoms with Crippen LogP contribution < -0.4 is 11.0 Å². The highest BCUT2D eigenvalue weighted by atomic mass is 16.3. The molecule has 0 aliphatic carbocycles. The average molecular weight is 411 g/mol. The molecule has 6 nitrogen and oxygen atoms in total. The predicted molar refractivity (Wildman–Crippen MR) is 122 cm³/mol. The van der Waals surface area contributed by atoms with Crippen molar-refractivity contribution < 1.29 is 9.90 Å². The maximum absolute atomic E-state index is 12.8. The lowest BCUT2D eigenvalue weighted by Crippen LogP contribution is -2.30. The van der Waals surface area contributed by atoms with Gasteiger partial charge in [-0.25, -0.2) is 5.43 Å². The molecule has 4 rings (SSSR count). The Bertz CT molecular complexity index is 1340. The first kappa shape index (κ1) is 20.1. The Labute approximate surface area is 179 Å². The SMILES string of the molecule is Cc1ccc(Cn2cccc(C(=O)N/N=C\c3c(O)ccc4ccccc34)c2=O)cc1. The van der Waals surface area contributed by atoms with Gasteiger partial charge in [0.05, 0.1) is 12.8 Å². The lowest BCUT2D eigenvalue weighted by Gasteiger charge is -2.08. The molecule has 1 heterocycles. The highest BCUT2D eigenvalue weighted by molar-refractivity contribution is 6.03. The minimum Gasteiger partial charge on any atom is -0.507 e. The highest BCUT2D eigenvalue weighted by Crippen LogP contribution is 2.25. The van der Waals surface area contributed by atoms with E-state index in [9.17, 15) is 14.7 Å². The van der Waals surface area contributed by atoms with Gasteiger partial charge in [0.2, 0.25) is 0 Å². The summed E-state index contributed by atoms with van der Waals surface area (Å²) in [4.78, 5) is 25.3. The molecule has 4 aromatic rings. The Morgan fingerprint density at radius 1 is 1.03 bits per heavy atom. The second-order valence-corrected chi connectivity index (χ2v) is 7.26. The van der Waals surface area contributed by atoms with Gasteiger partial charge in [-0.3, -0.25) is 9.59 Å². The fraction of sp³-hybridized carbons (Fsp3) is 0.0800. The van der Waals surface area contributed by atoms with Crippen LogP contribution in [0.25, 0.3) is 10.8 Å². The number of aryl methyl sites for hydroxylation is 1. The molecule has 6 heteroatoms. The van der Waals surface area contributed by atoms with Crippen LogP contribution in [0.5, 0.6) is 5.75 Å². The summed E-state index contributed by atoms with van der Waals surface area (Å²) in [6, 6.07) is 21.9. The third-order valence-corrected chi connectivity index (χ3v) is 5.05. The number of pyridine rings is 1. The van der Waals surface area contributed by atoms with Gasteiger partial charge in [-0.1, -0.05) is 60.2 Å². The molecule has 0 saturated heterocycles. The second kappa shape index (κ2) is 8.67. The summed E-state index contributed by atoms with van der Waals surface area (Å²) < 4.78 is 1.49. The summed E-state index contributed by atoms with van der Waals surface area (Å²) >= 11 is 0. The zero-order valence-electron chi connectivity index (χ0n) is 16.9. The standard InChI is InChI=1S/C25H21N3O3/c1-17-8-10-18(11-9-17)16-28-14-4-7-21(25(28)31)24(30)27-26-15-22-20-6-3-2-5-19(20)12-13-23(22)29/h2-15,29H,16H2,1H3,(H,27,30)/b26-15-. The Morgan fingerprint density at radius 2 is 1.81 bits per heavy atom. The number of hydrogen-bond donors (Lipinski definition) is 2. The van der Waals surface area contributed by atoms with Gasteiger partial charge in [-0.05, 0) is 41.5 Å². The maximum Gasteiger partial charge on any atom is 0.276 e. The fourth-order valence-electron chi connectivity index (χ4n) is 3.36. The molecule has 0 aliphatic rings. The van der Waals surface area contributed by atoms with Gasteiger partial charge in [-0.15, -0.1) is 0 Å². The van der Waals surface area contributed by atoms with Gasteiger partial charge < -0.3 is 9.67 Å². The number of phenolic OH excluding ortho intramolecular Hbond substituents is 1. The minimum atomic E-state index is -0.612. The Balaban J connectivity index is 1.54.